The molecule has 0 aliphatic heterocycles. The lowest BCUT2D eigenvalue weighted by Crippen LogP contribution is -2.30. The molecular weight excluding hydrogens is 518 g/mol. The van der Waals surface area contributed by atoms with Gasteiger partial charge in [0.1, 0.15) is 22.6 Å². The number of sulfonamides is 1. The SMILES string of the molecule is CCCc1n[nH]c2c(=O)n(C)c(-c3cc(S(=O)(=O)NC(=O)c4ccc(C(C)(C)C)cc4)ccc3OCC)nc12. The minimum absolute atomic E-state index is 0.106. The van der Waals surface area contributed by atoms with Crippen LogP contribution in [0, 0.1) is 0 Å². The Bertz CT molecular complexity index is 1700. The highest BCUT2D eigenvalue weighted by atomic mass is 32.2. The summed E-state index contributed by atoms with van der Waals surface area (Å²) in [7, 11) is -2.72. The Labute approximate surface area is 227 Å². The summed E-state index contributed by atoms with van der Waals surface area (Å²) in [6.45, 7) is 10.3. The monoisotopic (exact) mass is 551 g/mol. The lowest BCUT2D eigenvalue weighted by atomic mass is 9.87. The third-order valence-corrected chi connectivity index (χ3v) is 7.72. The number of amides is 1. The molecule has 0 saturated carbocycles. The molecule has 0 aliphatic carbocycles. The van der Waals surface area contributed by atoms with Gasteiger partial charge in [-0.2, -0.15) is 5.10 Å². The van der Waals surface area contributed by atoms with Gasteiger partial charge in [-0.3, -0.25) is 19.3 Å². The molecule has 0 spiro atoms. The lowest BCUT2D eigenvalue weighted by molar-refractivity contribution is 0.0981. The van der Waals surface area contributed by atoms with E-state index in [1.165, 1.54) is 22.8 Å². The molecule has 10 nitrogen and oxygen atoms in total. The Kier molecular flexibility index (Phi) is 7.65. The fourth-order valence-corrected chi connectivity index (χ4v) is 5.23. The average Bonchev–Trinajstić information content (AvgIpc) is 3.29. The zero-order chi connectivity index (χ0) is 28.5. The zero-order valence-electron chi connectivity index (χ0n) is 23.0. The van der Waals surface area contributed by atoms with Crippen molar-refractivity contribution in [1.82, 2.24) is 24.5 Å². The van der Waals surface area contributed by atoms with Gasteiger partial charge < -0.3 is 4.74 Å². The Morgan fingerprint density at radius 3 is 2.41 bits per heavy atom. The van der Waals surface area contributed by atoms with Crippen LogP contribution in [-0.4, -0.2) is 40.7 Å². The van der Waals surface area contributed by atoms with Crippen LogP contribution in [0.3, 0.4) is 0 Å². The van der Waals surface area contributed by atoms with E-state index < -0.39 is 15.9 Å². The van der Waals surface area contributed by atoms with Gasteiger partial charge in [-0.15, -0.1) is 0 Å². The smallest absolute Gasteiger partial charge is 0.279 e. The van der Waals surface area contributed by atoms with Gasteiger partial charge in [0, 0.05) is 12.6 Å². The molecule has 0 atom stereocenters. The number of aromatic amines is 1. The Hall–Kier alpha value is -3.99. The fraction of sp³-hybridized carbons (Fsp3) is 0.357. The number of ether oxygens (including phenoxy) is 1. The molecule has 0 saturated heterocycles. The van der Waals surface area contributed by atoms with Crippen LogP contribution in [0.4, 0.5) is 0 Å². The van der Waals surface area contributed by atoms with Crippen LogP contribution in [0.1, 0.15) is 62.7 Å². The first-order valence-corrected chi connectivity index (χ1v) is 14.2. The summed E-state index contributed by atoms with van der Waals surface area (Å²) in [6, 6.07) is 11.0. The maximum absolute atomic E-state index is 13.3. The molecule has 4 aromatic rings. The van der Waals surface area contributed by atoms with Crippen molar-refractivity contribution >= 4 is 27.0 Å². The Morgan fingerprint density at radius 1 is 1.10 bits per heavy atom. The third kappa shape index (κ3) is 5.58. The van der Waals surface area contributed by atoms with Gasteiger partial charge in [0.05, 0.1) is 22.8 Å². The fourth-order valence-electron chi connectivity index (χ4n) is 4.23. The molecule has 11 heteroatoms. The zero-order valence-corrected chi connectivity index (χ0v) is 23.8. The van der Waals surface area contributed by atoms with Crippen molar-refractivity contribution in [3.8, 4) is 17.1 Å². The van der Waals surface area contributed by atoms with E-state index in [4.69, 9.17) is 9.72 Å². The molecule has 2 aromatic carbocycles. The van der Waals surface area contributed by atoms with Crippen LogP contribution in [0.15, 0.2) is 52.2 Å². The van der Waals surface area contributed by atoms with Crippen molar-refractivity contribution in [2.45, 2.75) is 57.8 Å². The van der Waals surface area contributed by atoms with Crippen LogP contribution in [-0.2, 0) is 28.9 Å². The van der Waals surface area contributed by atoms with Gasteiger partial charge in [-0.05, 0) is 54.7 Å². The molecule has 2 N–H and O–H groups in total. The van der Waals surface area contributed by atoms with Crippen molar-refractivity contribution in [2.75, 3.05) is 6.61 Å². The normalized spacial score (nSPS) is 12.1. The largest absolute Gasteiger partial charge is 0.493 e. The van der Waals surface area contributed by atoms with E-state index in [0.29, 0.717) is 35.6 Å². The molecule has 0 radical (unpaired) electrons. The number of aromatic nitrogens is 4. The molecule has 0 bridgehead atoms. The van der Waals surface area contributed by atoms with E-state index in [1.807, 2.05) is 19.1 Å². The number of nitrogens with one attached hydrogen (secondary N) is 2. The topological polar surface area (TPSA) is 136 Å². The quantitative estimate of drug-likeness (QED) is 0.337. The molecular formula is C28H33N5O5S. The molecule has 0 aliphatic rings. The Morgan fingerprint density at radius 2 is 1.79 bits per heavy atom. The molecule has 4 rings (SSSR count). The molecule has 39 heavy (non-hydrogen) atoms. The van der Waals surface area contributed by atoms with Crippen molar-refractivity contribution in [2.24, 2.45) is 7.05 Å². The summed E-state index contributed by atoms with van der Waals surface area (Å²) < 4.78 is 35.8. The maximum Gasteiger partial charge on any atom is 0.279 e. The summed E-state index contributed by atoms with van der Waals surface area (Å²) in [5.74, 6) is -0.181. The first-order chi connectivity index (χ1) is 18.4. The van der Waals surface area contributed by atoms with Crippen LogP contribution in [0.5, 0.6) is 5.75 Å². The van der Waals surface area contributed by atoms with Crippen LogP contribution >= 0.6 is 0 Å². The Balaban J connectivity index is 1.76. The van der Waals surface area contributed by atoms with Crippen molar-refractivity contribution in [3.05, 3.63) is 69.6 Å². The maximum atomic E-state index is 13.3. The summed E-state index contributed by atoms with van der Waals surface area (Å²) in [6.07, 6.45) is 1.43. The van der Waals surface area contributed by atoms with Gasteiger partial charge in [0.15, 0.2) is 0 Å². The summed E-state index contributed by atoms with van der Waals surface area (Å²) in [5.41, 5.74) is 2.43. The predicted octanol–water partition coefficient (Wildman–Crippen LogP) is 4.09. The van der Waals surface area contributed by atoms with Crippen molar-refractivity contribution in [3.63, 3.8) is 0 Å². The second-order valence-electron chi connectivity index (χ2n) is 10.3. The summed E-state index contributed by atoms with van der Waals surface area (Å²) in [4.78, 5) is 30.5. The number of aryl methyl sites for hydroxylation is 1. The number of carbonyl (C=O) groups excluding carboxylic acids is 1. The van der Waals surface area contributed by atoms with Gasteiger partial charge in [0.2, 0.25) is 0 Å². The number of carbonyl (C=O) groups is 1. The van der Waals surface area contributed by atoms with Crippen LogP contribution in [0.25, 0.3) is 22.4 Å². The van der Waals surface area contributed by atoms with E-state index in [9.17, 15) is 18.0 Å². The van der Waals surface area contributed by atoms with Gasteiger partial charge >= 0.3 is 0 Å². The molecule has 2 heterocycles. The second kappa shape index (κ2) is 10.6. The van der Waals surface area contributed by atoms with E-state index in [1.54, 1.807) is 26.1 Å². The highest BCUT2D eigenvalue weighted by molar-refractivity contribution is 7.90. The number of benzene rings is 2. The first kappa shape index (κ1) is 28.0. The van der Waals surface area contributed by atoms with Crippen LogP contribution in [0.2, 0.25) is 0 Å². The molecule has 2 aromatic heterocycles. The minimum atomic E-state index is -4.27. The predicted molar refractivity (Wildman–Crippen MR) is 150 cm³/mol. The number of fused-ring (bicyclic) bond motifs is 1. The first-order valence-electron chi connectivity index (χ1n) is 12.8. The van der Waals surface area contributed by atoms with Gasteiger partial charge in [0.25, 0.3) is 21.5 Å². The summed E-state index contributed by atoms with van der Waals surface area (Å²) in [5, 5.41) is 7.01. The van der Waals surface area contributed by atoms with E-state index in [2.05, 4.69) is 35.7 Å². The number of rotatable bonds is 8. The number of nitrogens with zero attached hydrogens (tertiary/aromatic N) is 3. The number of hydrogen-bond acceptors (Lipinski definition) is 7. The minimum Gasteiger partial charge on any atom is -0.493 e. The molecule has 0 unspecified atom stereocenters. The molecule has 1 amide bonds. The highest BCUT2D eigenvalue weighted by Crippen LogP contribution is 2.32. The lowest BCUT2D eigenvalue weighted by Gasteiger charge is -2.19. The second-order valence-corrected chi connectivity index (χ2v) is 12.0. The summed E-state index contributed by atoms with van der Waals surface area (Å²) >= 11 is 0. The van der Waals surface area contributed by atoms with E-state index in [0.717, 1.165) is 12.0 Å². The molecule has 0 fully saturated rings. The van der Waals surface area contributed by atoms with Gasteiger partial charge in [-0.25, -0.2) is 18.1 Å². The van der Waals surface area contributed by atoms with Crippen LogP contribution < -0.4 is 15.0 Å². The molecule has 206 valence electrons. The van der Waals surface area contributed by atoms with E-state index >= 15 is 0 Å². The standard InChI is InChI=1S/C28H33N5O5S/c1-7-9-21-23-24(31-30-21)27(35)33(6)25(29-23)20-16-19(14-15-22(20)38-8-2)39(36,37)32-26(34)17-10-12-18(13-11-17)28(3,4)5/h10-16H,7-9H2,1-6H3,(H,30,31)(H,32,34). The van der Waals surface area contributed by atoms with Crippen molar-refractivity contribution < 1.29 is 17.9 Å². The van der Waals surface area contributed by atoms with Crippen molar-refractivity contribution in [1.29, 1.82) is 0 Å². The number of hydrogen-bond donors (Lipinski definition) is 2. The van der Waals surface area contributed by atoms with Gasteiger partial charge in [-0.1, -0.05) is 46.2 Å². The number of H-pyrrole nitrogens is 1. The third-order valence-electron chi connectivity index (χ3n) is 6.40. The highest BCUT2D eigenvalue weighted by Gasteiger charge is 2.24. The average molecular weight is 552 g/mol. The van der Waals surface area contributed by atoms with E-state index in [-0.39, 0.29) is 32.8 Å².